The van der Waals surface area contributed by atoms with Crippen LogP contribution < -0.4 is 0 Å². The van der Waals surface area contributed by atoms with Crippen molar-refractivity contribution >= 4 is 0 Å². The van der Waals surface area contributed by atoms with Crippen molar-refractivity contribution < 1.29 is 21.1 Å². The van der Waals surface area contributed by atoms with Gasteiger partial charge in [0, 0.05) is 17.8 Å². The zero-order valence-corrected chi connectivity index (χ0v) is 29.3. The van der Waals surface area contributed by atoms with E-state index in [1.165, 1.54) is 22.3 Å². The summed E-state index contributed by atoms with van der Waals surface area (Å²) >= 11 is 0. The number of hydrogen-bond donors (Lipinski definition) is 0. The first-order valence-corrected chi connectivity index (χ1v) is 16.6. The maximum absolute atomic E-state index is 4.93. The monoisotopic (exact) mass is 817 g/mol. The summed E-state index contributed by atoms with van der Waals surface area (Å²) in [5.41, 5.74) is 14.4. The Morgan fingerprint density at radius 2 is 0.980 bits per heavy atom. The van der Waals surface area contributed by atoms with Gasteiger partial charge in [0.15, 0.2) is 0 Å². The fourth-order valence-electron chi connectivity index (χ4n) is 7.41. The van der Waals surface area contributed by atoms with Crippen molar-refractivity contribution in [3.63, 3.8) is 0 Å². The minimum atomic E-state index is -0.700. The van der Waals surface area contributed by atoms with E-state index in [0.29, 0.717) is 0 Å². The van der Waals surface area contributed by atoms with Gasteiger partial charge in [-0.1, -0.05) is 127 Å². The van der Waals surface area contributed by atoms with Crippen LogP contribution in [0.4, 0.5) is 0 Å². The zero-order chi connectivity index (χ0) is 32.6. The number of benzene rings is 6. The van der Waals surface area contributed by atoms with E-state index in [0.717, 1.165) is 55.9 Å². The van der Waals surface area contributed by atoms with Crippen LogP contribution in [0.5, 0.6) is 0 Å². The zero-order valence-electron chi connectivity index (χ0n) is 27.0. The molecule has 0 bridgehead atoms. The van der Waals surface area contributed by atoms with Gasteiger partial charge in [-0.3, -0.25) is 0 Å². The van der Waals surface area contributed by atoms with Gasteiger partial charge in [-0.25, -0.2) is 0 Å². The first-order chi connectivity index (χ1) is 24.3. The van der Waals surface area contributed by atoms with E-state index < -0.39 is 5.41 Å². The fraction of sp³-hybridized carbons (Fsp3) is 0.0213. The van der Waals surface area contributed by atoms with Gasteiger partial charge >= 0.3 is 21.1 Å². The third kappa shape index (κ3) is 5.34. The normalized spacial score (nSPS) is 12.4. The molecular weight excluding hydrogens is 788 g/mol. The van der Waals surface area contributed by atoms with Crippen molar-refractivity contribution in [1.29, 1.82) is 0 Å². The molecule has 0 fully saturated rings. The van der Waals surface area contributed by atoms with Crippen molar-refractivity contribution in [3.8, 4) is 55.9 Å². The molecule has 6 aromatic carbocycles. The van der Waals surface area contributed by atoms with Gasteiger partial charge in [-0.15, -0.1) is 70.3 Å². The molecule has 1 aliphatic rings. The molecule has 0 N–H and O–H groups in total. The summed E-state index contributed by atoms with van der Waals surface area (Å²) in [6.07, 6.45) is 3.74. The third-order valence-electron chi connectivity index (χ3n) is 9.62. The van der Waals surface area contributed by atoms with Crippen LogP contribution in [0.1, 0.15) is 22.3 Å². The Hall–Kier alpha value is -5.69. The molecular formula is C47H30N2Pt. The molecule has 0 unspecified atom stereocenters. The van der Waals surface area contributed by atoms with Crippen LogP contribution in [-0.2, 0) is 26.5 Å². The second-order valence-electron chi connectivity index (χ2n) is 12.4. The van der Waals surface area contributed by atoms with Crippen molar-refractivity contribution in [2.45, 2.75) is 5.41 Å². The van der Waals surface area contributed by atoms with Gasteiger partial charge in [0.2, 0.25) is 0 Å². The summed E-state index contributed by atoms with van der Waals surface area (Å²) in [7, 11) is 0. The van der Waals surface area contributed by atoms with Crippen LogP contribution in [0, 0.1) is 12.1 Å². The molecule has 1 aliphatic carbocycles. The van der Waals surface area contributed by atoms with E-state index in [2.05, 4.69) is 158 Å². The number of fused-ring (bicyclic) bond motifs is 3. The van der Waals surface area contributed by atoms with E-state index in [-0.39, 0.29) is 21.1 Å². The van der Waals surface area contributed by atoms with Crippen LogP contribution in [0.3, 0.4) is 0 Å². The summed E-state index contributed by atoms with van der Waals surface area (Å²) in [6.45, 7) is 0. The quantitative estimate of drug-likeness (QED) is 0.156. The Morgan fingerprint density at radius 3 is 1.66 bits per heavy atom. The molecule has 0 atom stereocenters. The van der Waals surface area contributed by atoms with E-state index in [1.54, 1.807) is 0 Å². The van der Waals surface area contributed by atoms with Crippen LogP contribution in [0.2, 0.25) is 0 Å². The number of nitrogens with zero attached hydrogens (tertiary/aromatic N) is 2. The number of rotatable bonds is 6. The van der Waals surface area contributed by atoms with Crippen molar-refractivity contribution in [2.24, 2.45) is 0 Å². The Bertz CT molecular complexity index is 2390. The number of pyridine rings is 2. The van der Waals surface area contributed by atoms with Crippen LogP contribution >= 0.6 is 0 Å². The van der Waals surface area contributed by atoms with Crippen molar-refractivity contribution in [1.82, 2.24) is 9.97 Å². The first-order valence-electron chi connectivity index (χ1n) is 16.6. The average molecular weight is 818 g/mol. The summed E-state index contributed by atoms with van der Waals surface area (Å²) < 4.78 is 0. The molecule has 8 aromatic rings. The molecule has 0 radical (unpaired) electrons. The van der Waals surface area contributed by atoms with Crippen LogP contribution in [0.25, 0.3) is 55.9 Å². The average Bonchev–Trinajstić information content (AvgIpc) is 3.50. The predicted octanol–water partition coefficient (Wildman–Crippen LogP) is 11.1. The van der Waals surface area contributed by atoms with E-state index in [1.807, 2.05) is 36.7 Å². The van der Waals surface area contributed by atoms with Gasteiger partial charge in [0.25, 0.3) is 0 Å². The van der Waals surface area contributed by atoms with Crippen LogP contribution in [0.15, 0.2) is 182 Å². The van der Waals surface area contributed by atoms with Crippen molar-refractivity contribution in [3.05, 3.63) is 217 Å². The van der Waals surface area contributed by atoms with E-state index >= 15 is 0 Å². The van der Waals surface area contributed by atoms with Gasteiger partial charge in [0.1, 0.15) is 0 Å². The second kappa shape index (κ2) is 13.3. The second-order valence-corrected chi connectivity index (χ2v) is 12.4. The summed E-state index contributed by atoms with van der Waals surface area (Å²) in [5, 5.41) is 0. The van der Waals surface area contributed by atoms with Gasteiger partial charge < -0.3 is 9.97 Å². The summed E-state index contributed by atoms with van der Waals surface area (Å²) in [6, 6.07) is 67.8. The number of hydrogen-bond acceptors (Lipinski definition) is 2. The molecule has 0 saturated carbocycles. The first kappa shape index (κ1) is 31.6. The topological polar surface area (TPSA) is 25.8 Å². The smallest absolute Gasteiger partial charge is 0.305 e. The van der Waals surface area contributed by atoms with Crippen molar-refractivity contribution in [2.75, 3.05) is 0 Å². The van der Waals surface area contributed by atoms with Gasteiger partial charge in [0.05, 0.1) is 0 Å². The summed E-state index contributed by atoms with van der Waals surface area (Å²) in [4.78, 5) is 9.62. The minimum absolute atomic E-state index is 0. The third-order valence-corrected chi connectivity index (χ3v) is 9.62. The molecule has 0 spiro atoms. The Labute approximate surface area is 307 Å². The molecule has 2 aromatic heterocycles. The maximum atomic E-state index is 4.93. The molecule has 9 rings (SSSR count). The Morgan fingerprint density at radius 1 is 0.380 bits per heavy atom. The predicted molar refractivity (Wildman–Crippen MR) is 199 cm³/mol. The van der Waals surface area contributed by atoms with Gasteiger partial charge in [-0.05, 0) is 62.5 Å². The Kier molecular flexibility index (Phi) is 8.41. The molecule has 0 aliphatic heterocycles. The molecule has 0 amide bonds. The molecule has 238 valence electrons. The molecule has 2 heterocycles. The van der Waals surface area contributed by atoms with Gasteiger partial charge in [-0.2, -0.15) is 0 Å². The van der Waals surface area contributed by atoms with E-state index in [9.17, 15) is 0 Å². The fourth-order valence-corrected chi connectivity index (χ4v) is 7.41. The Balaban J connectivity index is 0.00000361. The van der Waals surface area contributed by atoms with Crippen LogP contribution in [-0.4, -0.2) is 9.97 Å². The largest absolute Gasteiger partial charge is 2.00 e. The molecule has 2 nitrogen and oxygen atoms in total. The standard InChI is InChI=1S/C47H30N2.Pt/c1-3-14-33(15-4-1)35-25-27-49-46(32-35)38-28-37(34-16-5-2-6-17-34)30-40(31-38)47(39-19-13-18-36(29-39)45-24-11-12-26-48-45)43-22-9-7-20-41(43)42-21-8-10-23-44(42)47;/h1-28,30,32H;/q-2;+2. The number of aromatic nitrogens is 2. The maximum Gasteiger partial charge on any atom is 2.00 e. The minimum Gasteiger partial charge on any atom is -0.305 e. The molecule has 50 heavy (non-hydrogen) atoms. The molecule has 3 heteroatoms. The SMILES string of the molecule is [Pt+2].[c-]1c(-c2ccccn2)cccc1C1(c2[c-]c(-c3cc(-c4ccccc4)ccn3)cc(-c3ccccc3)c2)c2ccccc2-c2ccccc21. The van der Waals surface area contributed by atoms with E-state index in [4.69, 9.17) is 9.97 Å². The summed E-state index contributed by atoms with van der Waals surface area (Å²) in [5.74, 6) is 0. The molecule has 0 saturated heterocycles.